The molecule has 0 saturated carbocycles. The quantitative estimate of drug-likeness (QED) is 0.117. The molecule has 1 aliphatic heterocycles. The summed E-state index contributed by atoms with van der Waals surface area (Å²) in [7, 11) is 3.07. The first-order valence-corrected chi connectivity index (χ1v) is 16.6. The van der Waals surface area contributed by atoms with E-state index in [2.05, 4.69) is 15.6 Å². The molecule has 2 N–H and O–H groups in total. The minimum absolute atomic E-state index is 0.0563. The molecule has 12 heteroatoms. The molecular formula is C41H37F6N3O3. The third-order valence-corrected chi connectivity index (χ3v) is 9.59. The Morgan fingerprint density at radius 3 is 1.75 bits per heavy atom. The smallest absolute Gasteiger partial charge is 0.418 e. The van der Waals surface area contributed by atoms with Crippen LogP contribution < -0.4 is 20.1 Å². The molecule has 0 radical (unpaired) electrons. The Balaban J connectivity index is 1.55. The fourth-order valence-electron chi connectivity index (χ4n) is 6.69. The zero-order chi connectivity index (χ0) is 38.2. The number of rotatable bonds is 9. The van der Waals surface area contributed by atoms with Gasteiger partial charge in [-0.15, -0.1) is 0 Å². The third-order valence-electron chi connectivity index (χ3n) is 9.59. The molecule has 0 aromatic heterocycles. The SMILES string of the molecule is COc1ccc(C(NC2=N[C@](C)(c3cc(Nc4ccccc4C(F)(F)F)ccc3F)C(F)(F)C(C)(C)O2)(c2ccccc2)c2ccc(OC)cc2)cc1. The van der Waals surface area contributed by atoms with Crippen molar-refractivity contribution in [2.75, 3.05) is 19.5 Å². The molecular weight excluding hydrogens is 696 g/mol. The molecule has 5 aromatic rings. The lowest BCUT2D eigenvalue weighted by Crippen LogP contribution is -2.64. The number of hydrogen-bond donors (Lipinski definition) is 2. The zero-order valence-electron chi connectivity index (χ0n) is 29.5. The number of benzene rings is 5. The maximum atomic E-state index is 16.8. The van der Waals surface area contributed by atoms with Crippen LogP contribution >= 0.6 is 0 Å². The van der Waals surface area contributed by atoms with Gasteiger partial charge in [0.2, 0.25) is 0 Å². The van der Waals surface area contributed by atoms with Crippen molar-refractivity contribution >= 4 is 17.4 Å². The monoisotopic (exact) mass is 733 g/mol. The van der Waals surface area contributed by atoms with Gasteiger partial charge < -0.3 is 24.8 Å². The van der Waals surface area contributed by atoms with E-state index < -0.39 is 45.7 Å². The molecule has 0 spiro atoms. The van der Waals surface area contributed by atoms with Gasteiger partial charge in [-0.25, -0.2) is 9.38 Å². The van der Waals surface area contributed by atoms with Crippen molar-refractivity contribution in [1.29, 1.82) is 0 Å². The summed E-state index contributed by atoms with van der Waals surface area (Å²) in [6.07, 6.45) is -4.71. The van der Waals surface area contributed by atoms with E-state index >= 15 is 13.2 Å². The van der Waals surface area contributed by atoms with Crippen LogP contribution in [0.1, 0.15) is 48.6 Å². The van der Waals surface area contributed by atoms with Crippen molar-refractivity contribution in [3.05, 3.63) is 155 Å². The maximum absolute atomic E-state index is 16.8. The number of halogens is 6. The molecule has 0 amide bonds. The van der Waals surface area contributed by atoms with Crippen LogP contribution in [0.2, 0.25) is 0 Å². The normalized spacial score (nSPS) is 18.0. The number of nitrogens with zero attached hydrogens (tertiary/aromatic N) is 1. The van der Waals surface area contributed by atoms with Crippen molar-refractivity contribution in [3.63, 3.8) is 0 Å². The van der Waals surface area contributed by atoms with Crippen molar-refractivity contribution in [3.8, 4) is 11.5 Å². The number of alkyl halides is 5. The molecule has 6 rings (SSSR count). The van der Waals surface area contributed by atoms with Gasteiger partial charge >= 0.3 is 12.1 Å². The lowest BCUT2D eigenvalue weighted by atomic mass is 9.76. The summed E-state index contributed by atoms with van der Waals surface area (Å²) in [6, 6.07) is 31.0. The van der Waals surface area contributed by atoms with Gasteiger partial charge in [0, 0.05) is 11.3 Å². The van der Waals surface area contributed by atoms with Gasteiger partial charge in [-0.05, 0) is 92.1 Å². The standard InChI is InChI=1S/C41H37F6N3O3/c1-37(2)41(46,47)38(3,33-25-29(19-24-34(33)42)48-35-14-10-9-13-32(35)40(43,44)45)49-36(53-37)50-39(26-11-7-6-8-12-26,27-15-20-30(51-4)21-16-27)28-17-22-31(52-5)23-18-28/h6-25,48H,1-5H3,(H,49,50)/t38-/m1/s1. The van der Waals surface area contributed by atoms with Crippen LogP contribution in [0.15, 0.2) is 126 Å². The molecule has 53 heavy (non-hydrogen) atoms. The highest BCUT2D eigenvalue weighted by atomic mass is 19.4. The first-order chi connectivity index (χ1) is 25.1. The van der Waals surface area contributed by atoms with Gasteiger partial charge in [0.1, 0.15) is 22.9 Å². The summed E-state index contributed by atoms with van der Waals surface area (Å²) in [4.78, 5) is 4.46. The van der Waals surface area contributed by atoms with Gasteiger partial charge in [-0.1, -0.05) is 66.7 Å². The molecule has 1 heterocycles. The number of anilines is 2. The highest BCUT2D eigenvalue weighted by molar-refractivity contribution is 5.80. The van der Waals surface area contributed by atoms with Gasteiger partial charge in [-0.3, -0.25) is 0 Å². The van der Waals surface area contributed by atoms with Crippen molar-refractivity contribution in [2.45, 2.75) is 49.5 Å². The van der Waals surface area contributed by atoms with E-state index in [4.69, 9.17) is 14.2 Å². The Morgan fingerprint density at radius 1 is 0.679 bits per heavy atom. The van der Waals surface area contributed by atoms with Crippen molar-refractivity contribution in [1.82, 2.24) is 5.32 Å². The van der Waals surface area contributed by atoms with Crippen LogP contribution in [0, 0.1) is 5.82 Å². The number of aliphatic imine (C=N–C) groups is 1. The molecule has 276 valence electrons. The molecule has 1 atom stereocenters. The molecule has 0 bridgehead atoms. The molecule has 0 fully saturated rings. The Kier molecular flexibility index (Phi) is 9.61. The summed E-state index contributed by atoms with van der Waals surface area (Å²) < 4.78 is 108. The number of ether oxygens (including phenoxy) is 3. The summed E-state index contributed by atoms with van der Waals surface area (Å²) in [6.45, 7) is 3.42. The van der Waals surface area contributed by atoms with E-state index in [1.165, 1.54) is 52.3 Å². The Hall–Kier alpha value is -5.65. The summed E-state index contributed by atoms with van der Waals surface area (Å²) in [5, 5.41) is 6.00. The van der Waals surface area contributed by atoms with Gasteiger partial charge in [0.25, 0.3) is 6.02 Å². The molecule has 6 nitrogen and oxygen atoms in total. The van der Waals surface area contributed by atoms with Crippen LogP contribution in [-0.2, 0) is 22.0 Å². The van der Waals surface area contributed by atoms with E-state index in [9.17, 15) is 13.2 Å². The zero-order valence-corrected chi connectivity index (χ0v) is 29.5. The summed E-state index contributed by atoms with van der Waals surface area (Å²) in [5.74, 6) is -3.74. The molecule has 1 aliphatic rings. The first kappa shape index (κ1) is 37.1. The van der Waals surface area contributed by atoms with Crippen LogP contribution in [0.4, 0.5) is 37.7 Å². The Bertz CT molecular complexity index is 2060. The van der Waals surface area contributed by atoms with E-state index in [1.807, 2.05) is 54.6 Å². The average Bonchev–Trinajstić information content (AvgIpc) is 3.14. The second kappa shape index (κ2) is 13.7. The first-order valence-electron chi connectivity index (χ1n) is 16.6. The minimum atomic E-state index is -4.71. The van der Waals surface area contributed by atoms with Crippen LogP contribution in [0.5, 0.6) is 11.5 Å². The number of nitrogens with one attached hydrogen (secondary N) is 2. The summed E-state index contributed by atoms with van der Waals surface area (Å²) in [5.41, 5.74) is -6.21. The fourth-order valence-corrected chi connectivity index (χ4v) is 6.69. The predicted molar refractivity (Wildman–Crippen MR) is 191 cm³/mol. The Morgan fingerprint density at radius 2 is 1.21 bits per heavy atom. The second-order valence-electron chi connectivity index (χ2n) is 13.2. The van der Waals surface area contributed by atoms with Gasteiger partial charge in [0.15, 0.2) is 11.1 Å². The van der Waals surface area contributed by atoms with Crippen LogP contribution in [-0.4, -0.2) is 31.8 Å². The third kappa shape index (κ3) is 6.62. The van der Waals surface area contributed by atoms with E-state index in [-0.39, 0.29) is 17.4 Å². The van der Waals surface area contributed by atoms with E-state index in [1.54, 1.807) is 24.3 Å². The molecule has 0 unspecified atom stereocenters. The fraction of sp³-hybridized carbons (Fsp3) is 0.244. The van der Waals surface area contributed by atoms with E-state index in [0.29, 0.717) is 28.2 Å². The van der Waals surface area contributed by atoms with Gasteiger partial charge in [0.05, 0.1) is 25.5 Å². The largest absolute Gasteiger partial charge is 0.497 e. The van der Waals surface area contributed by atoms with Crippen LogP contribution in [0.3, 0.4) is 0 Å². The van der Waals surface area contributed by atoms with Crippen molar-refractivity contribution < 1.29 is 40.6 Å². The lowest BCUT2D eigenvalue weighted by molar-refractivity contribution is -0.209. The minimum Gasteiger partial charge on any atom is -0.497 e. The number of methoxy groups -OCH3 is 2. The summed E-state index contributed by atoms with van der Waals surface area (Å²) >= 11 is 0. The lowest BCUT2D eigenvalue weighted by Gasteiger charge is -2.49. The highest BCUT2D eigenvalue weighted by Crippen LogP contribution is 2.53. The topological polar surface area (TPSA) is 64.1 Å². The predicted octanol–water partition coefficient (Wildman–Crippen LogP) is 10.2. The molecule has 5 aromatic carbocycles. The number of hydrogen-bond acceptors (Lipinski definition) is 6. The molecule has 0 aliphatic carbocycles. The van der Waals surface area contributed by atoms with Crippen molar-refractivity contribution in [2.24, 2.45) is 4.99 Å². The molecule has 0 saturated heterocycles. The number of para-hydroxylation sites is 1. The van der Waals surface area contributed by atoms with Gasteiger partial charge in [-0.2, -0.15) is 22.0 Å². The second-order valence-corrected chi connectivity index (χ2v) is 13.2. The highest BCUT2D eigenvalue weighted by Gasteiger charge is 2.67. The van der Waals surface area contributed by atoms with Crippen LogP contribution in [0.25, 0.3) is 0 Å². The average molecular weight is 734 g/mol. The Labute approximate surface area is 303 Å². The van der Waals surface area contributed by atoms with E-state index in [0.717, 1.165) is 25.1 Å². The maximum Gasteiger partial charge on any atom is 0.418 e. The number of amidine groups is 1.